The van der Waals surface area contributed by atoms with E-state index in [9.17, 15) is 9.90 Å². The van der Waals surface area contributed by atoms with E-state index in [0.717, 1.165) is 38.5 Å². The molecule has 0 aromatic rings. The van der Waals surface area contributed by atoms with Gasteiger partial charge in [0.15, 0.2) is 5.78 Å². The third kappa shape index (κ3) is 2.50. The molecule has 0 amide bonds. The number of rotatable bonds is 4. The van der Waals surface area contributed by atoms with E-state index in [-0.39, 0.29) is 5.41 Å². The number of aliphatic hydroxyl groups excluding tert-OH is 1. The molecule has 0 aromatic heterocycles. The van der Waals surface area contributed by atoms with Gasteiger partial charge in [-0.15, -0.1) is 0 Å². The molecule has 1 saturated carbocycles. The van der Waals surface area contributed by atoms with Crippen LogP contribution in [-0.2, 0) is 4.79 Å². The minimum absolute atomic E-state index is 0.143. The molecule has 2 heteroatoms. The molecule has 1 N–H and O–H groups in total. The molecular formula is C20H30O2. The van der Waals surface area contributed by atoms with E-state index in [0.29, 0.717) is 30.6 Å². The van der Waals surface area contributed by atoms with E-state index < -0.39 is 0 Å². The fourth-order valence-electron chi connectivity index (χ4n) is 5.64. The molecule has 0 spiro atoms. The van der Waals surface area contributed by atoms with Gasteiger partial charge >= 0.3 is 0 Å². The van der Waals surface area contributed by atoms with Crippen LogP contribution in [0, 0.1) is 17.3 Å². The zero-order chi connectivity index (χ0) is 15.7. The lowest BCUT2D eigenvalue weighted by atomic mass is 9.54. The Morgan fingerprint density at radius 2 is 2.05 bits per heavy atom. The van der Waals surface area contributed by atoms with Gasteiger partial charge in [-0.05, 0) is 73.0 Å². The molecule has 0 aliphatic heterocycles. The van der Waals surface area contributed by atoms with Crippen molar-refractivity contribution in [2.45, 2.75) is 71.6 Å². The maximum atomic E-state index is 11.7. The zero-order valence-corrected chi connectivity index (χ0v) is 14.2. The molecule has 3 aliphatic carbocycles. The Morgan fingerprint density at radius 3 is 2.73 bits per heavy atom. The Bertz CT molecular complexity index is 514. The largest absolute Gasteiger partial charge is 0.396 e. The number of fused-ring (bicyclic) bond motifs is 2. The van der Waals surface area contributed by atoms with Crippen molar-refractivity contribution >= 4 is 5.78 Å². The van der Waals surface area contributed by atoms with Crippen LogP contribution in [0.2, 0.25) is 0 Å². The van der Waals surface area contributed by atoms with Gasteiger partial charge in [0.05, 0.1) is 0 Å². The SMILES string of the molecule is CCCC1(CO)CCC2=C3CCC(=O)C=C3CC[C@H]2C1CC. The van der Waals surface area contributed by atoms with E-state index in [1.807, 2.05) is 6.08 Å². The molecule has 3 atom stereocenters. The van der Waals surface area contributed by atoms with Gasteiger partial charge in [0, 0.05) is 13.0 Å². The van der Waals surface area contributed by atoms with E-state index in [1.165, 1.54) is 24.0 Å². The van der Waals surface area contributed by atoms with Gasteiger partial charge in [0.25, 0.3) is 0 Å². The predicted molar refractivity (Wildman–Crippen MR) is 89.5 cm³/mol. The molecule has 0 saturated heterocycles. The third-order valence-electron chi connectivity index (χ3n) is 6.57. The Morgan fingerprint density at radius 1 is 1.23 bits per heavy atom. The molecule has 0 radical (unpaired) electrons. The summed E-state index contributed by atoms with van der Waals surface area (Å²) in [7, 11) is 0. The van der Waals surface area contributed by atoms with Crippen molar-refractivity contribution in [3.05, 3.63) is 22.8 Å². The molecule has 0 aromatic carbocycles. The molecule has 3 aliphatic rings. The normalized spacial score (nSPS) is 35.0. The summed E-state index contributed by atoms with van der Waals surface area (Å²) in [6.07, 6.45) is 11.6. The number of hydrogen-bond acceptors (Lipinski definition) is 2. The molecule has 2 nitrogen and oxygen atoms in total. The molecule has 22 heavy (non-hydrogen) atoms. The van der Waals surface area contributed by atoms with Crippen LogP contribution in [0.4, 0.5) is 0 Å². The average molecular weight is 302 g/mol. The molecule has 122 valence electrons. The number of ketones is 1. The van der Waals surface area contributed by atoms with E-state index >= 15 is 0 Å². The number of carbonyl (C=O) groups is 1. The van der Waals surface area contributed by atoms with E-state index in [4.69, 9.17) is 0 Å². The van der Waals surface area contributed by atoms with Crippen LogP contribution >= 0.6 is 0 Å². The lowest BCUT2D eigenvalue weighted by molar-refractivity contribution is -0.114. The maximum Gasteiger partial charge on any atom is 0.156 e. The maximum absolute atomic E-state index is 11.7. The van der Waals surface area contributed by atoms with Crippen molar-refractivity contribution in [1.82, 2.24) is 0 Å². The summed E-state index contributed by atoms with van der Waals surface area (Å²) >= 11 is 0. The summed E-state index contributed by atoms with van der Waals surface area (Å²) in [5.74, 6) is 1.59. The van der Waals surface area contributed by atoms with Crippen molar-refractivity contribution in [3.8, 4) is 0 Å². The van der Waals surface area contributed by atoms with Gasteiger partial charge < -0.3 is 5.11 Å². The standard InChI is InChI=1S/C20H30O2/c1-3-10-20(13-21)11-9-17-16-8-6-15(22)12-14(16)5-7-18(17)19(20)4-2/h12,18-19,21H,3-11,13H2,1-2H3/t18-,19?,20?/m1/s1. The highest BCUT2D eigenvalue weighted by Gasteiger charge is 2.47. The number of hydrogen-bond donors (Lipinski definition) is 1. The van der Waals surface area contributed by atoms with Crippen LogP contribution in [0.5, 0.6) is 0 Å². The Balaban J connectivity index is 1.97. The highest BCUT2D eigenvalue weighted by Crippen LogP contribution is 2.56. The Hall–Kier alpha value is -0.890. The second-order valence-corrected chi connectivity index (χ2v) is 7.57. The number of aliphatic hydroxyl groups is 1. The van der Waals surface area contributed by atoms with Crippen molar-refractivity contribution in [2.75, 3.05) is 6.61 Å². The molecule has 0 heterocycles. The first-order valence-electron chi connectivity index (χ1n) is 9.21. The monoisotopic (exact) mass is 302 g/mol. The van der Waals surface area contributed by atoms with Gasteiger partial charge in [0.1, 0.15) is 0 Å². The van der Waals surface area contributed by atoms with Crippen molar-refractivity contribution in [1.29, 1.82) is 0 Å². The summed E-state index contributed by atoms with van der Waals surface area (Å²) in [6.45, 7) is 4.89. The van der Waals surface area contributed by atoms with Gasteiger partial charge in [0.2, 0.25) is 0 Å². The number of allylic oxidation sites excluding steroid dienone is 4. The van der Waals surface area contributed by atoms with Gasteiger partial charge in [-0.2, -0.15) is 0 Å². The minimum atomic E-state index is 0.143. The first-order valence-corrected chi connectivity index (χ1v) is 9.21. The highest BCUT2D eigenvalue weighted by molar-refractivity contribution is 5.93. The van der Waals surface area contributed by atoms with Crippen molar-refractivity contribution in [3.63, 3.8) is 0 Å². The van der Waals surface area contributed by atoms with Crippen LogP contribution in [-0.4, -0.2) is 17.5 Å². The first-order chi connectivity index (χ1) is 10.6. The van der Waals surface area contributed by atoms with E-state index in [2.05, 4.69) is 13.8 Å². The van der Waals surface area contributed by atoms with Crippen molar-refractivity contribution < 1.29 is 9.90 Å². The number of carbonyl (C=O) groups excluding carboxylic acids is 1. The molecular weight excluding hydrogens is 272 g/mol. The summed E-state index contributed by atoms with van der Waals surface area (Å²) in [5.41, 5.74) is 4.66. The quantitative estimate of drug-likeness (QED) is 0.825. The summed E-state index contributed by atoms with van der Waals surface area (Å²) in [6, 6.07) is 0. The molecule has 1 fully saturated rings. The summed E-state index contributed by atoms with van der Waals surface area (Å²) < 4.78 is 0. The van der Waals surface area contributed by atoms with Crippen LogP contribution in [0.3, 0.4) is 0 Å². The highest BCUT2D eigenvalue weighted by atomic mass is 16.3. The molecule has 0 bridgehead atoms. The summed E-state index contributed by atoms with van der Waals surface area (Å²) in [5, 5.41) is 10.2. The zero-order valence-electron chi connectivity index (χ0n) is 14.2. The molecule has 3 rings (SSSR count). The second-order valence-electron chi connectivity index (χ2n) is 7.57. The molecule has 2 unspecified atom stereocenters. The van der Waals surface area contributed by atoms with Crippen LogP contribution in [0.25, 0.3) is 0 Å². The minimum Gasteiger partial charge on any atom is -0.396 e. The van der Waals surface area contributed by atoms with Crippen LogP contribution < -0.4 is 0 Å². The lowest BCUT2D eigenvalue weighted by Crippen LogP contribution is -2.44. The van der Waals surface area contributed by atoms with Gasteiger partial charge in [-0.1, -0.05) is 32.3 Å². The van der Waals surface area contributed by atoms with Gasteiger partial charge in [-0.25, -0.2) is 0 Å². The van der Waals surface area contributed by atoms with Crippen LogP contribution in [0.15, 0.2) is 22.8 Å². The van der Waals surface area contributed by atoms with Gasteiger partial charge in [-0.3, -0.25) is 4.79 Å². The Labute approximate surface area is 134 Å². The smallest absolute Gasteiger partial charge is 0.156 e. The van der Waals surface area contributed by atoms with E-state index in [1.54, 1.807) is 5.57 Å². The van der Waals surface area contributed by atoms with Crippen molar-refractivity contribution in [2.24, 2.45) is 17.3 Å². The summed E-state index contributed by atoms with van der Waals surface area (Å²) in [4.78, 5) is 11.7. The lowest BCUT2D eigenvalue weighted by Gasteiger charge is -2.51. The Kier molecular flexibility index (Phi) is 4.59. The fraction of sp³-hybridized carbons (Fsp3) is 0.750. The fourth-order valence-corrected chi connectivity index (χ4v) is 5.64. The average Bonchev–Trinajstić information content (AvgIpc) is 2.54. The first kappa shape index (κ1) is 16.0. The topological polar surface area (TPSA) is 37.3 Å². The third-order valence-corrected chi connectivity index (χ3v) is 6.57. The second kappa shape index (κ2) is 6.31. The predicted octanol–water partition coefficient (Wildman–Crippen LogP) is 4.58. The van der Waals surface area contributed by atoms with Crippen LogP contribution in [0.1, 0.15) is 71.6 Å².